The van der Waals surface area contributed by atoms with E-state index in [2.05, 4.69) is 0 Å². The van der Waals surface area contributed by atoms with Crippen LogP contribution in [0.4, 0.5) is 0 Å². The molecule has 3 nitrogen and oxygen atoms in total. The highest BCUT2D eigenvalue weighted by Crippen LogP contribution is 2.22. The van der Waals surface area contributed by atoms with Gasteiger partial charge in [-0.25, -0.2) is 0 Å². The second-order valence-electron chi connectivity index (χ2n) is 5.78. The average Bonchev–Trinajstić information content (AvgIpc) is 2.53. The van der Waals surface area contributed by atoms with E-state index in [-0.39, 0.29) is 5.91 Å². The third kappa shape index (κ3) is 4.49. The van der Waals surface area contributed by atoms with E-state index in [1.165, 1.54) is 0 Å². The normalized spacial score (nSPS) is 11.9. The molecule has 2 aromatic carbocycles. The summed E-state index contributed by atoms with van der Waals surface area (Å²) >= 11 is 5.88. The zero-order valence-corrected chi connectivity index (χ0v) is 14.7. The van der Waals surface area contributed by atoms with Crippen molar-refractivity contribution in [1.82, 2.24) is 4.90 Å². The molecule has 0 aromatic heterocycles. The summed E-state index contributed by atoms with van der Waals surface area (Å²) in [7, 11) is 1.78. The van der Waals surface area contributed by atoms with Crippen molar-refractivity contribution in [2.24, 2.45) is 0 Å². The molecule has 122 valence electrons. The first-order valence-corrected chi connectivity index (χ1v) is 7.98. The molecule has 4 heteroatoms. The van der Waals surface area contributed by atoms with Gasteiger partial charge in [-0.05, 0) is 55.7 Å². The van der Waals surface area contributed by atoms with Gasteiger partial charge in [-0.1, -0.05) is 35.9 Å². The average molecular weight is 332 g/mol. The first-order valence-electron chi connectivity index (χ1n) is 7.60. The van der Waals surface area contributed by atoms with Crippen molar-refractivity contribution in [3.05, 3.63) is 64.2 Å². The lowest BCUT2D eigenvalue weighted by Gasteiger charge is -2.23. The fourth-order valence-corrected chi connectivity index (χ4v) is 2.47. The quantitative estimate of drug-likeness (QED) is 0.813. The van der Waals surface area contributed by atoms with Crippen LogP contribution in [0.2, 0.25) is 5.02 Å². The third-order valence-electron chi connectivity index (χ3n) is 3.92. The molecule has 0 spiro atoms. The molecule has 1 unspecified atom stereocenters. The molecule has 0 heterocycles. The van der Waals surface area contributed by atoms with Crippen LogP contribution < -0.4 is 4.74 Å². The Morgan fingerprint density at radius 2 is 1.83 bits per heavy atom. The van der Waals surface area contributed by atoms with Crippen LogP contribution in [0.15, 0.2) is 42.5 Å². The Balaban J connectivity index is 2.01. The van der Waals surface area contributed by atoms with Crippen molar-refractivity contribution in [3.8, 4) is 5.75 Å². The van der Waals surface area contributed by atoms with E-state index >= 15 is 0 Å². The molecule has 2 rings (SSSR count). The minimum Gasteiger partial charge on any atom is -0.481 e. The van der Waals surface area contributed by atoms with E-state index in [4.69, 9.17) is 16.3 Å². The van der Waals surface area contributed by atoms with Gasteiger partial charge in [0.2, 0.25) is 0 Å². The lowest BCUT2D eigenvalue weighted by molar-refractivity contribution is -0.137. The smallest absolute Gasteiger partial charge is 0.263 e. The number of carbonyl (C=O) groups excluding carboxylic acids is 1. The molecular weight excluding hydrogens is 310 g/mol. The molecule has 0 fully saturated rings. The van der Waals surface area contributed by atoms with Crippen LogP contribution in [-0.4, -0.2) is 24.0 Å². The molecule has 0 saturated heterocycles. The number of benzene rings is 2. The maximum absolute atomic E-state index is 12.5. The summed E-state index contributed by atoms with van der Waals surface area (Å²) in [6.45, 7) is 6.33. The maximum Gasteiger partial charge on any atom is 0.263 e. The molecule has 0 aliphatic rings. The number of halogens is 1. The molecule has 0 N–H and O–H groups in total. The van der Waals surface area contributed by atoms with E-state index in [1.54, 1.807) is 18.9 Å². The predicted octanol–water partition coefficient (Wildman–Crippen LogP) is 4.38. The van der Waals surface area contributed by atoms with Crippen molar-refractivity contribution < 1.29 is 9.53 Å². The first kappa shape index (κ1) is 17.4. The molecular formula is C19H22ClNO2. The van der Waals surface area contributed by atoms with Gasteiger partial charge in [-0.15, -0.1) is 0 Å². The second kappa shape index (κ2) is 7.51. The zero-order chi connectivity index (χ0) is 17.0. The first-order chi connectivity index (χ1) is 10.9. The van der Waals surface area contributed by atoms with Gasteiger partial charge in [0.15, 0.2) is 6.10 Å². The van der Waals surface area contributed by atoms with E-state index < -0.39 is 6.10 Å². The van der Waals surface area contributed by atoms with Crippen molar-refractivity contribution >= 4 is 17.5 Å². The molecule has 2 aromatic rings. The van der Waals surface area contributed by atoms with Gasteiger partial charge in [-0.2, -0.15) is 0 Å². The van der Waals surface area contributed by atoms with Gasteiger partial charge < -0.3 is 9.64 Å². The highest BCUT2D eigenvalue weighted by molar-refractivity contribution is 6.30. The monoisotopic (exact) mass is 331 g/mol. The Morgan fingerprint density at radius 1 is 1.17 bits per heavy atom. The Kier molecular flexibility index (Phi) is 5.67. The number of amides is 1. The van der Waals surface area contributed by atoms with E-state index in [1.807, 2.05) is 56.3 Å². The van der Waals surface area contributed by atoms with Gasteiger partial charge in [0.1, 0.15) is 5.75 Å². The van der Waals surface area contributed by atoms with Crippen LogP contribution in [-0.2, 0) is 11.3 Å². The predicted molar refractivity (Wildman–Crippen MR) is 93.9 cm³/mol. The third-order valence-corrected chi connectivity index (χ3v) is 4.17. The minimum absolute atomic E-state index is 0.0548. The number of carbonyl (C=O) groups is 1. The Labute approximate surface area is 142 Å². The summed E-state index contributed by atoms with van der Waals surface area (Å²) in [6, 6.07) is 13.3. The van der Waals surface area contributed by atoms with Crippen LogP contribution in [0, 0.1) is 13.8 Å². The van der Waals surface area contributed by atoms with Crippen LogP contribution in [0.3, 0.4) is 0 Å². The van der Waals surface area contributed by atoms with Gasteiger partial charge in [0, 0.05) is 18.6 Å². The van der Waals surface area contributed by atoms with Crippen LogP contribution in [0.1, 0.15) is 23.6 Å². The Hall–Kier alpha value is -2.00. The number of nitrogens with zero attached hydrogens (tertiary/aromatic N) is 1. The molecule has 0 radical (unpaired) electrons. The van der Waals surface area contributed by atoms with Gasteiger partial charge >= 0.3 is 0 Å². The molecule has 0 saturated carbocycles. The topological polar surface area (TPSA) is 29.5 Å². The summed E-state index contributed by atoms with van der Waals surface area (Å²) in [6.07, 6.45) is -0.534. The van der Waals surface area contributed by atoms with Gasteiger partial charge in [0.25, 0.3) is 5.91 Å². The standard InChI is InChI=1S/C19H22ClNO2/c1-13-6-5-7-18(14(13)2)23-15(3)19(22)21(4)12-16-8-10-17(20)11-9-16/h5-11,15H,12H2,1-4H3. The number of hydrogen-bond acceptors (Lipinski definition) is 2. The van der Waals surface area contributed by atoms with Crippen LogP contribution >= 0.6 is 11.6 Å². The largest absolute Gasteiger partial charge is 0.481 e. The molecule has 0 bridgehead atoms. The second-order valence-corrected chi connectivity index (χ2v) is 6.22. The highest BCUT2D eigenvalue weighted by atomic mass is 35.5. The lowest BCUT2D eigenvalue weighted by Crippen LogP contribution is -2.37. The van der Waals surface area contributed by atoms with Crippen molar-refractivity contribution in [1.29, 1.82) is 0 Å². The van der Waals surface area contributed by atoms with E-state index in [9.17, 15) is 4.79 Å². The molecule has 0 aliphatic heterocycles. The summed E-state index contributed by atoms with van der Waals surface area (Å²) in [4.78, 5) is 14.2. The number of rotatable bonds is 5. The van der Waals surface area contributed by atoms with Crippen molar-refractivity contribution in [2.45, 2.75) is 33.4 Å². The SMILES string of the molecule is Cc1cccc(OC(C)C(=O)N(C)Cc2ccc(Cl)cc2)c1C. The fraction of sp³-hybridized carbons (Fsp3) is 0.316. The number of hydrogen-bond donors (Lipinski definition) is 0. The fourth-order valence-electron chi connectivity index (χ4n) is 2.34. The number of aryl methyl sites for hydroxylation is 1. The summed E-state index contributed by atoms with van der Waals surface area (Å²) < 4.78 is 5.85. The van der Waals surface area contributed by atoms with Crippen molar-refractivity contribution in [3.63, 3.8) is 0 Å². The number of likely N-dealkylation sites (N-methyl/N-ethyl adjacent to an activating group) is 1. The molecule has 23 heavy (non-hydrogen) atoms. The summed E-state index contributed by atoms with van der Waals surface area (Å²) in [5.74, 6) is 0.701. The van der Waals surface area contributed by atoms with Crippen molar-refractivity contribution in [2.75, 3.05) is 7.05 Å². The van der Waals surface area contributed by atoms with Gasteiger partial charge in [-0.3, -0.25) is 4.79 Å². The zero-order valence-electron chi connectivity index (χ0n) is 14.0. The molecule has 0 aliphatic carbocycles. The highest BCUT2D eigenvalue weighted by Gasteiger charge is 2.20. The minimum atomic E-state index is -0.534. The van der Waals surface area contributed by atoms with Crippen LogP contribution in [0.25, 0.3) is 0 Å². The Bertz CT molecular complexity index is 682. The molecule has 1 amide bonds. The van der Waals surface area contributed by atoms with Crippen LogP contribution in [0.5, 0.6) is 5.75 Å². The summed E-state index contributed by atoms with van der Waals surface area (Å²) in [5, 5.41) is 0.689. The summed E-state index contributed by atoms with van der Waals surface area (Å²) in [5.41, 5.74) is 3.24. The van der Waals surface area contributed by atoms with E-state index in [0.29, 0.717) is 11.6 Å². The number of ether oxygens (including phenoxy) is 1. The molecule has 1 atom stereocenters. The maximum atomic E-state index is 12.5. The van der Waals surface area contributed by atoms with Gasteiger partial charge in [0.05, 0.1) is 0 Å². The lowest BCUT2D eigenvalue weighted by atomic mass is 10.1. The van der Waals surface area contributed by atoms with E-state index in [0.717, 1.165) is 22.4 Å². The Morgan fingerprint density at radius 3 is 2.48 bits per heavy atom.